The summed E-state index contributed by atoms with van der Waals surface area (Å²) in [6, 6.07) is 7.90. The van der Waals surface area contributed by atoms with Gasteiger partial charge in [0.15, 0.2) is 6.61 Å². The van der Waals surface area contributed by atoms with Gasteiger partial charge in [0, 0.05) is 17.6 Å². The van der Waals surface area contributed by atoms with Crippen LogP contribution in [0.5, 0.6) is 5.75 Å². The average molecular weight is 335 g/mol. The molecule has 1 amide bonds. The van der Waals surface area contributed by atoms with Crippen LogP contribution in [0.4, 0.5) is 0 Å². The summed E-state index contributed by atoms with van der Waals surface area (Å²) in [6.45, 7) is 9.95. The number of hydrogen-bond donors (Lipinski definition) is 2. The third-order valence-electron chi connectivity index (χ3n) is 3.62. The number of carbonyl (C=O) groups excluding carboxylic acids is 1. The van der Waals surface area contributed by atoms with Gasteiger partial charge in [0.1, 0.15) is 5.75 Å². The third-order valence-corrected chi connectivity index (χ3v) is 3.62. The maximum Gasteiger partial charge on any atom is 0.258 e. The molecule has 0 unspecified atom stereocenters. The fourth-order valence-corrected chi connectivity index (χ4v) is 2.46. The van der Waals surface area contributed by atoms with Gasteiger partial charge >= 0.3 is 0 Å². The Morgan fingerprint density at radius 2 is 1.79 bits per heavy atom. The molecule has 2 N–H and O–H groups in total. The summed E-state index contributed by atoms with van der Waals surface area (Å²) in [5, 5.41) is 6.37. The van der Waals surface area contributed by atoms with Crippen molar-refractivity contribution in [3.63, 3.8) is 0 Å². The number of rotatable bonds is 11. The van der Waals surface area contributed by atoms with Gasteiger partial charge in [0.2, 0.25) is 0 Å². The molecule has 0 atom stereocenters. The van der Waals surface area contributed by atoms with Gasteiger partial charge < -0.3 is 15.4 Å². The first-order valence-electron chi connectivity index (χ1n) is 9.15. The second-order valence-electron chi connectivity index (χ2n) is 7.29. The van der Waals surface area contributed by atoms with E-state index in [-0.39, 0.29) is 18.1 Å². The summed E-state index contributed by atoms with van der Waals surface area (Å²) >= 11 is 0. The summed E-state index contributed by atoms with van der Waals surface area (Å²) in [6.07, 6.45) is 6.41. The number of para-hydroxylation sites is 1. The molecule has 0 aliphatic heterocycles. The van der Waals surface area contributed by atoms with E-state index in [0.29, 0.717) is 0 Å². The van der Waals surface area contributed by atoms with Gasteiger partial charge in [-0.25, -0.2) is 0 Å². The molecule has 0 bridgehead atoms. The van der Waals surface area contributed by atoms with Crippen LogP contribution in [0.1, 0.15) is 65.4 Å². The summed E-state index contributed by atoms with van der Waals surface area (Å²) in [7, 11) is 0. The van der Waals surface area contributed by atoms with E-state index in [9.17, 15) is 4.79 Å². The van der Waals surface area contributed by atoms with Gasteiger partial charge in [-0.2, -0.15) is 0 Å². The average Bonchev–Trinajstić information content (AvgIpc) is 2.51. The lowest BCUT2D eigenvalue weighted by Gasteiger charge is -2.20. The monoisotopic (exact) mass is 334 g/mol. The van der Waals surface area contributed by atoms with Crippen molar-refractivity contribution in [2.45, 2.75) is 71.9 Å². The van der Waals surface area contributed by atoms with Gasteiger partial charge in [-0.1, -0.05) is 50.8 Å². The molecule has 0 aromatic heterocycles. The Labute approximate surface area is 147 Å². The van der Waals surface area contributed by atoms with Crippen molar-refractivity contribution in [3.8, 4) is 5.75 Å². The molecule has 0 fully saturated rings. The van der Waals surface area contributed by atoms with Gasteiger partial charge in [-0.05, 0) is 39.8 Å². The molecule has 0 saturated heterocycles. The van der Waals surface area contributed by atoms with E-state index in [0.717, 1.165) is 24.4 Å². The molecule has 0 aliphatic rings. The zero-order valence-corrected chi connectivity index (χ0v) is 15.8. The molecule has 0 spiro atoms. The Balaban J connectivity index is 2.35. The predicted octanol–water partition coefficient (Wildman–Crippen LogP) is 4.04. The van der Waals surface area contributed by atoms with E-state index in [1.807, 2.05) is 45.0 Å². The fraction of sp³-hybridized carbons (Fsp3) is 0.650. The summed E-state index contributed by atoms with van der Waals surface area (Å²) in [5.41, 5.74) is 0.855. The van der Waals surface area contributed by atoms with Crippen molar-refractivity contribution >= 4 is 5.91 Å². The van der Waals surface area contributed by atoms with E-state index < -0.39 is 0 Å². The highest BCUT2D eigenvalue weighted by Crippen LogP contribution is 2.17. The molecule has 136 valence electrons. The van der Waals surface area contributed by atoms with Crippen LogP contribution in [0.25, 0.3) is 0 Å². The molecule has 0 aliphatic carbocycles. The minimum Gasteiger partial charge on any atom is -0.483 e. The molecule has 0 radical (unpaired) electrons. The first kappa shape index (κ1) is 20.5. The maximum absolute atomic E-state index is 11.9. The zero-order chi connectivity index (χ0) is 17.8. The normalized spacial score (nSPS) is 11.3. The second kappa shape index (κ2) is 11.1. The SMILES string of the molecule is CCCCCCCNCc1ccccc1OCC(=O)NC(C)(C)C. The number of amides is 1. The Morgan fingerprint density at radius 3 is 2.50 bits per heavy atom. The van der Waals surface area contributed by atoms with Gasteiger partial charge in [0.05, 0.1) is 0 Å². The maximum atomic E-state index is 11.9. The van der Waals surface area contributed by atoms with Crippen LogP contribution in [-0.4, -0.2) is 24.6 Å². The topological polar surface area (TPSA) is 50.4 Å². The summed E-state index contributed by atoms with van der Waals surface area (Å²) < 4.78 is 5.70. The lowest BCUT2D eigenvalue weighted by Crippen LogP contribution is -2.43. The number of unbranched alkanes of at least 4 members (excludes halogenated alkanes) is 4. The van der Waals surface area contributed by atoms with Gasteiger partial charge in [-0.15, -0.1) is 0 Å². The molecular formula is C20H34N2O2. The Morgan fingerprint density at radius 1 is 1.08 bits per heavy atom. The van der Waals surface area contributed by atoms with E-state index in [4.69, 9.17) is 4.74 Å². The van der Waals surface area contributed by atoms with Crippen LogP contribution in [0.15, 0.2) is 24.3 Å². The van der Waals surface area contributed by atoms with Crippen molar-refractivity contribution < 1.29 is 9.53 Å². The number of benzene rings is 1. The predicted molar refractivity (Wildman–Crippen MR) is 100 cm³/mol. The molecule has 0 heterocycles. The molecule has 1 aromatic carbocycles. The number of ether oxygens (including phenoxy) is 1. The molecule has 24 heavy (non-hydrogen) atoms. The van der Waals surface area contributed by atoms with E-state index in [1.165, 1.54) is 32.1 Å². The number of hydrogen-bond acceptors (Lipinski definition) is 3. The number of carbonyl (C=O) groups is 1. The minimum absolute atomic E-state index is 0.0469. The highest BCUT2D eigenvalue weighted by atomic mass is 16.5. The first-order valence-corrected chi connectivity index (χ1v) is 9.15. The lowest BCUT2D eigenvalue weighted by molar-refractivity contribution is -0.124. The third kappa shape index (κ3) is 9.56. The lowest BCUT2D eigenvalue weighted by atomic mass is 10.1. The smallest absolute Gasteiger partial charge is 0.258 e. The molecule has 0 saturated carbocycles. The van der Waals surface area contributed by atoms with E-state index in [2.05, 4.69) is 17.6 Å². The van der Waals surface area contributed by atoms with Crippen molar-refractivity contribution in [1.29, 1.82) is 0 Å². The first-order chi connectivity index (χ1) is 11.4. The Hall–Kier alpha value is -1.55. The highest BCUT2D eigenvalue weighted by Gasteiger charge is 2.14. The van der Waals surface area contributed by atoms with Crippen molar-refractivity contribution in [1.82, 2.24) is 10.6 Å². The van der Waals surface area contributed by atoms with Crippen LogP contribution >= 0.6 is 0 Å². The van der Waals surface area contributed by atoms with Crippen LogP contribution < -0.4 is 15.4 Å². The quantitative estimate of drug-likeness (QED) is 0.601. The van der Waals surface area contributed by atoms with E-state index >= 15 is 0 Å². The standard InChI is InChI=1S/C20H34N2O2/c1-5-6-7-8-11-14-21-15-17-12-9-10-13-18(17)24-16-19(23)22-20(2,3)4/h9-10,12-13,21H,5-8,11,14-16H2,1-4H3,(H,22,23). The molecular weight excluding hydrogens is 300 g/mol. The second-order valence-corrected chi connectivity index (χ2v) is 7.29. The van der Waals surface area contributed by atoms with Gasteiger partial charge in [-0.3, -0.25) is 4.79 Å². The summed E-state index contributed by atoms with van der Waals surface area (Å²) in [4.78, 5) is 11.9. The Bertz CT molecular complexity index is 481. The number of nitrogens with one attached hydrogen (secondary N) is 2. The van der Waals surface area contributed by atoms with Crippen molar-refractivity contribution in [2.75, 3.05) is 13.2 Å². The van der Waals surface area contributed by atoms with Crippen LogP contribution in [0.3, 0.4) is 0 Å². The largest absolute Gasteiger partial charge is 0.483 e. The Kier molecular flexibility index (Phi) is 9.46. The van der Waals surface area contributed by atoms with Crippen LogP contribution in [-0.2, 0) is 11.3 Å². The van der Waals surface area contributed by atoms with E-state index in [1.54, 1.807) is 0 Å². The van der Waals surface area contributed by atoms with Crippen LogP contribution in [0, 0.1) is 0 Å². The van der Waals surface area contributed by atoms with Crippen LogP contribution in [0.2, 0.25) is 0 Å². The highest BCUT2D eigenvalue weighted by molar-refractivity contribution is 5.78. The van der Waals surface area contributed by atoms with Gasteiger partial charge in [0.25, 0.3) is 5.91 Å². The minimum atomic E-state index is -0.237. The zero-order valence-electron chi connectivity index (χ0n) is 15.8. The molecule has 4 heteroatoms. The molecule has 1 aromatic rings. The fourth-order valence-electron chi connectivity index (χ4n) is 2.46. The summed E-state index contributed by atoms with van der Waals surface area (Å²) in [5.74, 6) is 0.682. The van der Waals surface area contributed by atoms with Crippen molar-refractivity contribution in [2.24, 2.45) is 0 Å². The van der Waals surface area contributed by atoms with Crippen molar-refractivity contribution in [3.05, 3.63) is 29.8 Å². The molecule has 1 rings (SSSR count). The molecule has 4 nitrogen and oxygen atoms in total.